The molecule has 0 atom stereocenters. The molecule has 0 radical (unpaired) electrons. The predicted molar refractivity (Wildman–Crippen MR) is 137 cm³/mol. The summed E-state index contributed by atoms with van der Waals surface area (Å²) in [5.41, 5.74) is 4.52. The molecule has 0 bridgehead atoms. The molecule has 0 aliphatic rings. The molecule has 0 saturated carbocycles. The van der Waals surface area contributed by atoms with Crippen molar-refractivity contribution in [2.45, 2.75) is 20.8 Å². The lowest BCUT2D eigenvalue weighted by Gasteiger charge is -2.09. The highest BCUT2D eigenvalue weighted by atomic mass is 16.5. The first-order valence-electron chi connectivity index (χ1n) is 11.2. The number of amides is 1. The van der Waals surface area contributed by atoms with Crippen molar-refractivity contribution in [3.8, 4) is 28.9 Å². The summed E-state index contributed by atoms with van der Waals surface area (Å²) in [5.74, 6) is 2.54. The summed E-state index contributed by atoms with van der Waals surface area (Å²) < 4.78 is 18.2. The number of nitrogens with one attached hydrogen (secondary N) is 1. The molecule has 36 heavy (non-hydrogen) atoms. The van der Waals surface area contributed by atoms with Gasteiger partial charge < -0.3 is 19.5 Å². The van der Waals surface area contributed by atoms with E-state index < -0.39 is 0 Å². The van der Waals surface area contributed by atoms with E-state index in [1.807, 2.05) is 26.8 Å². The van der Waals surface area contributed by atoms with E-state index in [0.717, 1.165) is 22.5 Å². The molecule has 0 aliphatic heterocycles. The zero-order valence-electron chi connectivity index (χ0n) is 20.8. The SMILES string of the molecule is COc1ccc(/C=C/C(=O)Nc2ccc(Oc3cc(-n4nc(C)c(C)c4C)ncn3)cc2)cc1OC. The van der Waals surface area contributed by atoms with Gasteiger partial charge in [0, 0.05) is 23.5 Å². The van der Waals surface area contributed by atoms with Gasteiger partial charge in [-0.15, -0.1) is 0 Å². The minimum Gasteiger partial charge on any atom is -0.493 e. The third-order valence-electron chi connectivity index (χ3n) is 5.68. The van der Waals surface area contributed by atoms with E-state index in [4.69, 9.17) is 14.2 Å². The number of rotatable bonds is 8. The van der Waals surface area contributed by atoms with Crippen LogP contribution in [0.2, 0.25) is 0 Å². The van der Waals surface area contributed by atoms with Gasteiger partial charge in [0.05, 0.1) is 19.9 Å². The first-order valence-corrected chi connectivity index (χ1v) is 11.2. The Morgan fingerprint density at radius 3 is 2.36 bits per heavy atom. The van der Waals surface area contributed by atoms with Crippen LogP contribution >= 0.6 is 0 Å². The van der Waals surface area contributed by atoms with Crippen LogP contribution in [0.3, 0.4) is 0 Å². The maximum absolute atomic E-state index is 12.4. The van der Waals surface area contributed by atoms with Gasteiger partial charge in [-0.1, -0.05) is 6.07 Å². The average molecular weight is 486 g/mol. The molecule has 2 aromatic heterocycles. The van der Waals surface area contributed by atoms with Gasteiger partial charge in [0.25, 0.3) is 0 Å². The number of anilines is 1. The van der Waals surface area contributed by atoms with Crippen LogP contribution in [0, 0.1) is 20.8 Å². The summed E-state index contributed by atoms with van der Waals surface area (Å²) in [6, 6.07) is 14.2. The third-order valence-corrected chi connectivity index (χ3v) is 5.68. The molecule has 4 rings (SSSR count). The maximum atomic E-state index is 12.4. The molecule has 0 spiro atoms. The minimum absolute atomic E-state index is 0.265. The van der Waals surface area contributed by atoms with Gasteiger partial charge in [-0.05, 0) is 74.4 Å². The van der Waals surface area contributed by atoms with Gasteiger partial charge >= 0.3 is 0 Å². The molecule has 0 unspecified atom stereocenters. The van der Waals surface area contributed by atoms with Gasteiger partial charge in [-0.25, -0.2) is 14.6 Å². The third kappa shape index (κ3) is 5.52. The Bertz CT molecular complexity index is 1410. The van der Waals surface area contributed by atoms with Crippen molar-refractivity contribution in [2.24, 2.45) is 0 Å². The molecule has 0 saturated heterocycles. The number of hydrogen-bond donors (Lipinski definition) is 1. The molecule has 4 aromatic rings. The minimum atomic E-state index is -0.265. The quantitative estimate of drug-likeness (QED) is 0.349. The van der Waals surface area contributed by atoms with Crippen LogP contribution in [0.5, 0.6) is 23.1 Å². The highest BCUT2D eigenvalue weighted by Crippen LogP contribution is 2.28. The van der Waals surface area contributed by atoms with Crippen LogP contribution in [0.25, 0.3) is 11.9 Å². The molecule has 184 valence electrons. The summed E-state index contributed by atoms with van der Waals surface area (Å²) in [5, 5.41) is 7.36. The Labute approximate surface area is 209 Å². The summed E-state index contributed by atoms with van der Waals surface area (Å²) in [6.45, 7) is 5.98. The van der Waals surface area contributed by atoms with E-state index in [0.29, 0.717) is 34.6 Å². The van der Waals surface area contributed by atoms with Crippen LogP contribution in [0.4, 0.5) is 5.69 Å². The number of carbonyl (C=O) groups is 1. The molecule has 0 fully saturated rings. The maximum Gasteiger partial charge on any atom is 0.248 e. The first kappa shape index (κ1) is 24.5. The van der Waals surface area contributed by atoms with Crippen molar-refractivity contribution in [3.63, 3.8) is 0 Å². The number of nitrogens with zero attached hydrogens (tertiary/aromatic N) is 4. The van der Waals surface area contributed by atoms with Gasteiger partial charge in [-0.2, -0.15) is 5.10 Å². The zero-order chi connectivity index (χ0) is 25.7. The lowest BCUT2D eigenvalue weighted by molar-refractivity contribution is -0.111. The standard InChI is InChI=1S/C27H27N5O4/c1-17-18(2)31-32(19(17)3)25-15-27(29-16-28-25)36-22-10-8-21(9-11-22)30-26(33)13-7-20-6-12-23(34-4)24(14-20)35-5/h6-16H,1-5H3,(H,30,33)/b13-7+. The fourth-order valence-electron chi connectivity index (χ4n) is 3.48. The van der Waals surface area contributed by atoms with Crippen LogP contribution in [-0.4, -0.2) is 39.9 Å². The topological polar surface area (TPSA) is 100 Å². The Morgan fingerprint density at radius 2 is 1.69 bits per heavy atom. The second kappa shape index (κ2) is 10.7. The van der Waals surface area contributed by atoms with Crippen LogP contribution < -0.4 is 19.5 Å². The van der Waals surface area contributed by atoms with Crippen LogP contribution in [0.1, 0.15) is 22.5 Å². The second-order valence-electron chi connectivity index (χ2n) is 7.99. The fraction of sp³-hybridized carbons (Fsp3) is 0.185. The Kier molecular flexibility index (Phi) is 7.29. The number of aromatic nitrogens is 4. The summed E-state index contributed by atoms with van der Waals surface area (Å²) in [6.07, 6.45) is 4.59. The van der Waals surface area contributed by atoms with Crippen molar-refractivity contribution in [1.29, 1.82) is 0 Å². The molecule has 2 heterocycles. The highest BCUT2D eigenvalue weighted by Gasteiger charge is 2.11. The number of benzene rings is 2. The van der Waals surface area contributed by atoms with Gasteiger partial charge in [0.2, 0.25) is 11.8 Å². The molecule has 9 nitrogen and oxygen atoms in total. The largest absolute Gasteiger partial charge is 0.493 e. The van der Waals surface area contributed by atoms with Crippen LogP contribution in [0.15, 0.2) is 60.9 Å². The highest BCUT2D eigenvalue weighted by molar-refractivity contribution is 6.02. The number of ether oxygens (including phenoxy) is 3. The van der Waals surface area contributed by atoms with E-state index in [2.05, 4.69) is 20.4 Å². The molecule has 0 aliphatic carbocycles. The lowest BCUT2D eigenvalue weighted by atomic mass is 10.2. The van der Waals surface area contributed by atoms with Gasteiger partial charge in [-0.3, -0.25) is 4.79 Å². The van der Waals surface area contributed by atoms with E-state index >= 15 is 0 Å². The molecule has 1 amide bonds. The number of methoxy groups -OCH3 is 2. The molecular formula is C27H27N5O4. The van der Waals surface area contributed by atoms with E-state index in [1.54, 1.807) is 67.4 Å². The van der Waals surface area contributed by atoms with Crippen molar-refractivity contribution >= 4 is 17.7 Å². The fourth-order valence-corrected chi connectivity index (χ4v) is 3.48. The van der Waals surface area contributed by atoms with Crippen molar-refractivity contribution < 1.29 is 19.0 Å². The lowest BCUT2D eigenvalue weighted by Crippen LogP contribution is -2.07. The smallest absolute Gasteiger partial charge is 0.248 e. The number of carbonyl (C=O) groups excluding carboxylic acids is 1. The summed E-state index contributed by atoms with van der Waals surface area (Å²) in [7, 11) is 3.14. The Hall–Kier alpha value is -4.66. The Balaban J connectivity index is 1.39. The van der Waals surface area contributed by atoms with Crippen LogP contribution in [-0.2, 0) is 4.79 Å². The van der Waals surface area contributed by atoms with Crippen molar-refractivity contribution in [2.75, 3.05) is 19.5 Å². The molecule has 9 heteroatoms. The Morgan fingerprint density at radius 1 is 0.944 bits per heavy atom. The normalized spacial score (nSPS) is 10.9. The van der Waals surface area contributed by atoms with Gasteiger partial charge in [0.1, 0.15) is 12.1 Å². The zero-order valence-corrected chi connectivity index (χ0v) is 20.8. The first-order chi connectivity index (χ1) is 17.4. The molecule has 1 N–H and O–H groups in total. The predicted octanol–water partition coefficient (Wildman–Crippen LogP) is 5.05. The van der Waals surface area contributed by atoms with Crippen molar-refractivity contribution in [1.82, 2.24) is 19.7 Å². The van der Waals surface area contributed by atoms with Crippen molar-refractivity contribution in [3.05, 3.63) is 83.4 Å². The van der Waals surface area contributed by atoms with E-state index in [-0.39, 0.29) is 5.91 Å². The number of aryl methyl sites for hydroxylation is 1. The average Bonchev–Trinajstić information content (AvgIpc) is 3.15. The molecular weight excluding hydrogens is 458 g/mol. The van der Waals surface area contributed by atoms with E-state index in [1.165, 1.54) is 12.4 Å². The van der Waals surface area contributed by atoms with E-state index in [9.17, 15) is 4.79 Å². The molecule has 2 aromatic carbocycles. The second-order valence-corrected chi connectivity index (χ2v) is 7.99. The summed E-state index contributed by atoms with van der Waals surface area (Å²) >= 11 is 0. The monoisotopic (exact) mass is 485 g/mol. The summed E-state index contributed by atoms with van der Waals surface area (Å²) in [4.78, 5) is 20.9. The van der Waals surface area contributed by atoms with Gasteiger partial charge in [0.15, 0.2) is 17.3 Å². The number of hydrogen-bond acceptors (Lipinski definition) is 7.